The monoisotopic (exact) mass is 601 g/mol. The van der Waals surface area contributed by atoms with Crippen LogP contribution in [-0.2, 0) is 30.5 Å². The lowest BCUT2D eigenvalue weighted by Gasteiger charge is -2.34. The molecule has 12 heteroatoms. The summed E-state index contributed by atoms with van der Waals surface area (Å²) in [4.78, 5) is 65.7. The Hall–Kier alpha value is -3.67. The summed E-state index contributed by atoms with van der Waals surface area (Å²) in [7, 11) is 0. The molecule has 5 amide bonds. The molecule has 6 N–H and O–H groups in total. The number of aliphatic hydroxyl groups is 1. The van der Waals surface area contributed by atoms with Crippen LogP contribution in [0.25, 0.3) is 0 Å². The van der Waals surface area contributed by atoms with E-state index >= 15 is 0 Å². The van der Waals surface area contributed by atoms with Crippen molar-refractivity contribution in [3.63, 3.8) is 0 Å². The number of ether oxygens (including phenoxy) is 1. The standard InChI is InChI=1S/C31H47N5O7/c1-31(2,3)35-28(40)24-15-10-16-36(24)29(41)26(38)22(17-20-11-6-4-7-12-20)33-27(39)23(18-25(32)37)34-30(42)43-19-21-13-8-5-9-14-21/h5,8-9,13-14,20,22-24,26,38H,4,6-7,10-12,15-19H2,1-3H3,(H2,32,37)(H,33,39)(H,34,42)(H,35,40)/t22-,23-,24-,26?/m0/s1. The number of hydrogen-bond donors (Lipinski definition) is 5. The predicted octanol–water partition coefficient (Wildman–Crippen LogP) is 1.88. The topological polar surface area (TPSA) is 180 Å². The molecule has 1 aliphatic carbocycles. The number of carbonyl (C=O) groups is 5. The largest absolute Gasteiger partial charge is 0.445 e. The van der Waals surface area contributed by atoms with E-state index in [1.165, 1.54) is 4.90 Å². The normalized spacial score (nSPS) is 19.5. The number of alkyl carbamates (subject to hydrolysis) is 1. The van der Waals surface area contributed by atoms with Gasteiger partial charge < -0.3 is 36.4 Å². The molecule has 3 rings (SSSR count). The van der Waals surface area contributed by atoms with Crippen molar-refractivity contribution in [1.82, 2.24) is 20.9 Å². The van der Waals surface area contributed by atoms with E-state index in [9.17, 15) is 29.1 Å². The van der Waals surface area contributed by atoms with E-state index in [1.54, 1.807) is 24.3 Å². The van der Waals surface area contributed by atoms with E-state index in [2.05, 4.69) is 16.0 Å². The average molecular weight is 602 g/mol. The minimum atomic E-state index is -1.63. The number of nitrogens with one attached hydrogen (secondary N) is 3. The smallest absolute Gasteiger partial charge is 0.408 e. The first-order chi connectivity index (χ1) is 20.3. The molecule has 1 aromatic rings. The lowest BCUT2D eigenvalue weighted by Crippen LogP contribution is -2.59. The number of primary amides is 1. The maximum absolute atomic E-state index is 13.6. The van der Waals surface area contributed by atoms with Gasteiger partial charge in [-0.3, -0.25) is 19.2 Å². The van der Waals surface area contributed by atoms with Gasteiger partial charge in [0, 0.05) is 12.1 Å². The summed E-state index contributed by atoms with van der Waals surface area (Å²) in [5.74, 6) is -2.37. The summed E-state index contributed by atoms with van der Waals surface area (Å²) in [6.45, 7) is 5.82. The molecule has 2 fully saturated rings. The van der Waals surface area contributed by atoms with Crippen LogP contribution in [0.1, 0.15) is 84.1 Å². The number of nitrogens with zero attached hydrogens (tertiary/aromatic N) is 1. The molecule has 0 bridgehead atoms. The molecule has 12 nitrogen and oxygen atoms in total. The van der Waals surface area contributed by atoms with Crippen molar-refractivity contribution in [2.24, 2.45) is 11.7 Å². The maximum atomic E-state index is 13.6. The molecule has 238 valence electrons. The summed E-state index contributed by atoms with van der Waals surface area (Å²) in [6.07, 6.45) is 3.25. The first-order valence-corrected chi connectivity index (χ1v) is 15.2. The van der Waals surface area contributed by atoms with Gasteiger partial charge in [-0.1, -0.05) is 62.4 Å². The lowest BCUT2D eigenvalue weighted by atomic mass is 9.83. The van der Waals surface area contributed by atoms with Crippen LogP contribution in [0.15, 0.2) is 30.3 Å². The number of amides is 5. The van der Waals surface area contributed by atoms with Gasteiger partial charge in [0.2, 0.25) is 17.7 Å². The number of nitrogens with two attached hydrogens (primary N) is 1. The lowest BCUT2D eigenvalue weighted by molar-refractivity contribution is -0.147. The summed E-state index contributed by atoms with van der Waals surface area (Å²) >= 11 is 0. The molecule has 4 atom stereocenters. The van der Waals surface area contributed by atoms with E-state index in [1.807, 2.05) is 26.8 Å². The first kappa shape index (κ1) is 33.8. The van der Waals surface area contributed by atoms with E-state index in [4.69, 9.17) is 10.5 Å². The third-order valence-electron chi connectivity index (χ3n) is 7.84. The van der Waals surface area contributed by atoms with Crippen LogP contribution in [0.3, 0.4) is 0 Å². The zero-order chi connectivity index (χ0) is 31.6. The van der Waals surface area contributed by atoms with Gasteiger partial charge in [-0.15, -0.1) is 0 Å². The number of benzene rings is 1. The second-order valence-corrected chi connectivity index (χ2v) is 12.7. The maximum Gasteiger partial charge on any atom is 0.408 e. The Bertz CT molecular complexity index is 1120. The van der Waals surface area contributed by atoms with Crippen LogP contribution < -0.4 is 21.7 Å². The fraction of sp³-hybridized carbons (Fsp3) is 0.645. The molecular weight excluding hydrogens is 554 g/mol. The predicted molar refractivity (Wildman–Crippen MR) is 159 cm³/mol. The van der Waals surface area contributed by atoms with Crippen molar-refractivity contribution in [2.45, 2.75) is 115 Å². The molecule has 0 spiro atoms. The first-order valence-electron chi connectivity index (χ1n) is 15.2. The van der Waals surface area contributed by atoms with Crippen LogP contribution in [0.2, 0.25) is 0 Å². The average Bonchev–Trinajstić information content (AvgIpc) is 3.45. The zero-order valence-electron chi connectivity index (χ0n) is 25.5. The second kappa shape index (κ2) is 15.7. The van der Waals surface area contributed by atoms with Gasteiger partial charge in [0.15, 0.2) is 6.10 Å². The molecule has 1 saturated carbocycles. The van der Waals surface area contributed by atoms with Gasteiger partial charge >= 0.3 is 6.09 Å². The highest BCUT2D eigenvalue weighted by Gasteiger charge is 2.41. The summed E-state index contributed by atoms with van der Waals surface area (Å²) < 4.78 is 5.21. The third kappa shape index (κ3) is 10.8. The number of hydrogen-bond acceptors (Lipinski definition) is 7. The Labute approximate surface area is 253 Å². The van der Waals surface area contributed by atoms with Gasteiger partial charge in [-0.2, -0.15) is 0 Å². The highest BCUT2D eigenvalue weighted by molar-refractivity contribution is 5.93. The molecule has 0 radical (unpaired) electrons. The SMILES string of the molecule is CC(C)(C)NC(=O)[C@@H]1CCCN1C(=O)C(O)[C@H](CC1CCCCC1)NC(=O)[C@H](CC(N)=O)NC(=O)OCc1ccccc1. The van der Waals surface area contributed by atoms with Crippen LogP contribution >= 0.6 is 0 Å². The van der Waals surface area contributed by atoms with Crippen molar-refractivity contribution in [3.05, 3.63) is 35.9 Å². The number of aliphatic hydroxyl groups excluding tert-OH is 1. The van der Waals surface area contributed by atoms with Crippen molar-refractivity contribution < 1.29 is 33.8 Å². The highest BCUT2D eigenvalue weighted by Crippen LogP contribution is 2.29. The van der Waals surface area contributed by atoms with E-state index in [0.717, 1.165) is 37.7 Å². The summed E-state index contributed by atoms with van der Waals surface area (Å²) in [6, 6.07) is 5.84. The van der Waals surface area contributed by atoms with Gasteiger partial charge in [-0.25, -0.2) is 4.79 Å². The molecule has 1 aromatic carbocycles. The Balaban J connectivity index is 1.73. The number of carbonyl (C=O) groups excluding carboxylic acids is 5. The second-order valence-electron chi connectivity index (χ2n) is 12.7. The van der Waals surface area contributed by atoms with Crippen molar-refractivity contribution in [2.75, 3.05) is 6.54 Å². The summed E-state index contributed by atoms with van der Waals surface area (Å²) in [5, 5.41) is 19.4. The van der Waals surface area contributed by atoms with E-state index in [-0.39, 0.29) is 18.4 Å². The van der Waals surface area contributed by atoms with Gasteiger partial charge in [0.25, 0.3) is 5.91 Å². The van der Waals surface area contributed by atoms with Gasteiger partial charge in [-0.05, 0) is 51.5 Å². The molecule has 1 aliphatic heterocycles. The molecule has 1 saturated heterocycles. The quantitative estimate of drug-likeness (QED) is 0.243. The molecule has 0 aromatic heterocycles. The van der Waals surface area contributed by atoms with Crippen LogP contribution in [0.5, 0.6) is 0 Å². The highest BCUT2D eigenvalue weighted by atomic mass is 16.5. The molecule has 43 heavy (non-hydrogen) atoms. The molecule has 2 aliphatic rings. The van der Waals surface area contributed by atoms with Gasteiger partial charge in [0.05, 0.1) is 12.5 Å². The van der Waals surface area contributed by atoms with Crippen molar-refractivity contribution >= 4 is 29.7 Å². The van der Waals surface area contributed by atoms with Crippen molar-refractivity contribution in [1.29, 1.82) is 0 Å². The Morgan fingerprint density at radius 2 is 1.67 bits per heavy atom. The summed E-state index contributed by atoms with van der Waals surface area (Å²) in [5.41, 5.74) is 5.62. The number of rotatable bonds is 12. The van der Waals surface area contributed by atoms with Gasteiger partial charge in [0.1, 0.15) is 18.7 Å². The number of likely N-dealkylation sites (tertiary alicyclic amines) is 1. The van der Waals surface area contributed by atoms with Crippen molar-refractivity contribution in [3.8, 4) is 0 Å². The minimum absolute atomic E-state index is 0.0467. The zero-order valence-corrected chi connectivity index (χ0v) is 25.5. The fourth-order valence-electron chi connectivity index (χ4n) is 5.75. The van der Waals surface area contributed by atoms with Crippen LogP contribution in [0.4, 0.5) is 4.79 Å². The Morgan fingerprint density at radius 1 is 1.00 bits per heavy atom. The van der Waals surface area contributed by atoms with Crippen LogP contribution in [-0.4, -0.2) is 76.0 Å². The molecule has 1 unspecified atom stereocenters. The molecular formula is C31H47N5O7. The fourth-order valence-corrected chi connectivity index (χ4v) is 5.75. The minimum Gasteiger partial charge on any atom is -0.445 e. The van der Waals surface area contributed by atoms with Crippen LogP contribution in [0, 0.1) is 5.92 Å². The van der Waals surface area contributed by atoms with E-state index in [0.29, 0.717) is 25.8 Å². The van der Waals surface area contributed by atoms with E-state index < -0.39 is 60.0 Å². The Morgan fingerprint density at radius 3 is 2.30 bits per heavy atom. The molecule has 1 heterocycles. The Kier molecular flexibility index (Phi) is 12.4. The third-order valence-corrected chi connectivity index (χ3v) is 7.84.